The van der Waals surface area contributed by atoms with Gasteiger partial charge in [-0.15, -0.1) is 0 Å². The molecule has 2 amide bonds. The van der Waals surface area contributed by atoms with Gasteiger partial charge in [0.05, 0.1) is 6.21 Å². The van der Waals surface area contributed by atoms with Gasteiger partial charge < -0.3 is 10.7 Å². The normalized spacial score (nSPS) is 11.6. The maximum absolute atomic E-state index is 10.7. The monoisotopic (exact) mass is 358 g/mol. The van der Waals surface area contributed by atoms with Crippen LogP contribution in [0, 0.1) is 13.8 Å². The van der Waals surface area contributed by atoms with E-state index in [2.05, 4.69) is 43.6 Å². The molecule has 0 aliphatic heterocycles. The molecule has 0 fully saturated rings. The number of aromatic amines is 1. The van der Waals surface area contributed by atoms with Gasteiger partial charge >= 0.3 is 6.03 Å². The molecule has 0 unspecified atom stereocenters. The molecule has 1 aromatic heterocycles. The van der Waals surface area contributed by atoms with Crippen molar-refractivity contribution in [2.24, 2.45) is 10.8 Å². The average molecular weight is 359 g/mol. The molecule has 0 bridgehead atoms. The quantitative estimate of drug-likeness (QED) is 0.473. The predicted octanol–water partition coefficient (Wildman–Crippen LogP) is 3.70. The summed E-state index contributed by atoms with van der Waals surface area (Å²) in [6.45, 7) is 4.09. The molecule has 0 radical (unpaired) electrons. The molecule has 5 nitrogen and oxygen atoms in total. The smallest absolute Gasteiger partial charge is 0.332 e. The van der Waals surface area contributed by atoms with Crippen molar-refractivity contribution in [2.45, 2.75) is 13.8 Å². The number of fused-ring (bicyclic) bond motifs is 3. The van der Waals surface area contributed by atoms with E-state index in [-0.39, 0.29) is 0 Å². The highest BCUT2D eigenvalue weighted by Gasteiger charge is 2.12. The van der Waals surface area contributed by atoms with Crippen molar-refractivity contribution in [1.82, 2.24) is 10.4 Å². The van der Waals surface area contributed by atoms with Crippen LogP contribution in [0.25, 0.3) is 21.8 Å². The van der Waals surface area contributed by atoms with E-state index in [0.29, 0.717) is 0 Å². The van der Waals surface area contributed by atoms with Crippen molar-refractivity contribution >= 4 is 50.0 Å². The van der Waals surface area contributed by atoms with Crippen LogP contribution in [0.4, 0.5) is 4.79 Å². The first-order valence-electron chi connectivity index (χ1n) is 6.77. The summed E-state index contributed by atoms with van der Waals surface area (Å²) in [6.07, 6.45) is 1.61. The fraction of sp³-hybridized carbons (Fsp3) is 0.125. The highest BCUT2D eigenvalue weighted by Crippen LogP contribution is 2.33. The molecular weight excluding hydrogens is 344 g/mol. The van der Waals surface area contributed by atoms with Crippen LogP contribution in [-0.2, 0) is 0 Å². The highest BCUT2D eigenvalue weighted by molar-refractivity contribution is 9.10. The Morgan fingerprint density at radius 2 is 2.14 bits per heavy atom. The molecule has 0 aliphatic carbocycles. The summed E-state index contributed by atoms with van der Waals surface area (Å²) in [5.41, 5.74) is 12.6. The van der Waals surface area contributed by atoms with Crippen molar-refractivity contribution in [3.05, 3.63) is 45.4 Å². The van der Waals surface area contributed by atoms with Gasteiger partial charge in [-0.25, -0.2) is 10.2 Å². The van der Waals surface area contributed by atoms with E-state index < -0.39 is 6.03 Å². The number of benzene rings is 2. The van der Waals surface area contributed by atoms with Gasteiger partial charge in [-0.05, 0) is 54.8 Å². The second kappa shape index (κ2) is 5.46. The topological polar surface area (TPSA) is 83.3 Å². The molecule has 0 atom stereocenters. The molecule has 112 valence electrons. The highest BCUT2D eigenvalue weighted by atomic mass is 79.9. The van der Waals surface area contributed by atoms with Gasteiger partial charge in [-0.2, -0.15) is 5.10 Å². The third-order valence-corrected chi connectivity index (χ3v) is 4.21. The van der Waals surface area contributed by atoms with Crippen LogP contribution < -0.4 is 11.2 Å². The molecule has 0 spiro atoms. The summed E-state index contributed by atoms with van der Waals surface area (Å²) in [5, 5.41) is 6.18. The first-order valence-corrected chi connectivity index (χ1v) is 7.56. The summed E-state index contributed by atoms with van der Waals surface area (Å²) >= 11 is 3.52. The number of amides is 2. The Morgan fingerprint density at radius 1 is 1.36 bits per heavy atom. The van der Waals surface area contributed by atoms with Gasteiger partial charge in [0.15, 0.2) is 0 Å². The van der Waals surface area contributed by atoms with Crippen LogP contribution in [-0.4, -0.2) is 17.2 Å². The lowest BCUT2D eigenvalue weighted by Gasteiger charge is -2.06. The van der Waals surface area contributed by atoms with Crippen LogP contribution in [0.2, 0.25) is 0 Å². The number of carbonyl (C=O) groups excluding carboxylic acids is 1. The lowest BCUT2D eigenvalue weighted by atomic mass is 9.99. The van der Waals surface area contributed by atoms with Gasteiger partial charge in [-0.1, -0.05) is 15.9 Å². The van der Waals surface area contributed by atoms with Gasteiger partial charge in [-0.3, -0.25) is 0 Å². The zero-order chi connectivity index (χ0) is 15.9. The number of urea groups is 1. The zero-order valence-corrected chi connectivity index (χ0v) is 13.8. The second-order valence-electron chi connectivity index (χ2n) is 5.21. The number of halogens is 1. The summed E-state index contributed by atoms with van der Waals surface area (Å²) < 4.78 is 1.03. The average Bonchev–Trinajstić information content (AvgIpc) is 2.83. The predicted molar refractivity (Wildman–Crippen MR) is 93.3 cm³/mol. The van der Waals surface area contributed by atoms with Crippen molar-refractivity contribution in [3.63, 3.8) is 0 Å². The van der Waals surface area contributed by atoms with Crippen molar-refractivity contribution in [1.29, 1.82) is 0 Å². The van der Waals surface area contributed by atoms with E-state index in [9.17, 15) is 4.79 Å². The Bertz CT molecular complexity index is 927. The van der Waals surface area contributed by atoms with Crippen LogP contribution in [0.5, 0.6) is 0 Å². The summed E-state index contributed by atoms with van der Waals surface area (Å²) in [5.74, 6) is 0. The number of hydrogen-bond acceptors (Lipinski definition) is 2. The Hall–Kier alpha value is -2.34. The molecule has 3 aromatic rings. The number of hydrazone groups is 1. The Morgan fingerprint density at radius 3 is 2.86 bits per heavy atom. The number of aryl methyl sites for hydroxylation is 2. The second-order valence-corrected chi connectivity index (χ2v) is 6.12. The fourth-order valence-corrected chi connectivity index (χ4v) is 3.07. The minimum absolute atomic E-state index is 0.678. The molecule has 0 saturated carbocycles. The Kier molecular flexibility index (Phi) is 3.62. The lowest BCUT2D eigenvalue weighted by Crippen LogP contribution is -2.24. The van der Waals surface area contributed by atoms with Gasteiger partial charge in [0.25, 0.3) is 0 Å². The number of H-pyrrole nitrogens is 1. The third-order valence-electron chi connectivity index (χ3n) is 3.71. The summed E-state index contributed by atoms with van der Waals surface area (Å²) in [7, 11) is 0. The Balaban J connectivity index is 2.26. The third kappa shape index (κ3) is 2.46. The number of hydrogen-bond donors (Lipinski definition) is 3. The number of nitrogens with two attached hydrogens (primary N) is 1. The van der Waals surface area contributed by atoms with E-state index in [0.717, 1.165) is 43.0 Å². The van der Waals surface area contributed by atoms with E-state index in [1.807, 2.05) is 26.0 Å². The molecule has 0 aliphatic rings. The van der Waals surface area contributed by atoms with E-state index in [1.54, 1.807) is 6.21 Å². The fourth-order valence-electron chi connectivity index (χ4n) is 2.71. The first-order chi connectivity index (χ1) is 10.5. The van der Waals surface area contributed by atoms with Gasteiger partial charge in [0.1, 0.15) is 0 Å². The van der Waals surface area contributed by atoms with Crippen LogP contribution in [0.1, 0.15) is 16.7 Å². The van der Waals surface area contributed by atoms with Crippen LogP contribution in [0.3, 0.4) is 0 Å². The Labute approximate surface area is 135 Å². The standard InChI is InChI=1S/C16H15BrN4O/c1-8-5-10(7-19-21-16(18)22)9(2)14-12-6-11(17)3-4-13(12)20-15(8)14/h3-7,20H,1-2H3,(H3,18,21,22). The van der Waals surface area contributed by atoms with E-state index in [1.165, 1.54) is 0 Å². The van der Waals surface area contributed by atoms with Gasteiger partial charge in [0.2, 0.25) is 0 Å². The van der Waals surface area contributed by atoms with Crippen LogP contribution in [0.15, 0.2) is 33.8 Å². The molecule has 4 N–H and O–H groups in total. The first kappa shape index (κ1) is 14.6. The number of rotatable bonds is 2. The minimum atomic E-state index is -0.678. The van der Waals surface area contributed by atoms with E-state index >= 15 is 0 Å². The summed E-state index contributed by atoms with van der Waals surface area (Å²) in [6, 6.07) is 7.53. The molecule has 6 heteroatoms. The maximum atomic E-state index is 10.7. The number of primary amides is 1. The molecule has 3 rings (SSSR count). The lowest BCUT2D eigenvalue weighted by molar-refractivity contribution is 0.249. The number of nitrogens with zero attached hydrogens (tertiary/aromatic N) is 1. The zero-order valence-electron chi connectivity index (χ0n) is 12.2. The molecule has 2 aromatic carbocycles. The van der Waals surface area contributed by atoms with Gasteiger partial charge in [0, 0.05) is 26.3 Å². The van der Waals surface area contributed by atoms with Crippen molar-refractivity contribution in [3.8, 4) is 0 Å². The number of nitrogens with one attached hydrogen (secondary N) is 2. The molecule has 1 heterocycles. The van der Waals surface area contributed by atoms with Crippen molar-refractivity contribution < 1.29 is 4.79 Å². The minimum Gasteiger partial charge on any atom is -0.354 e. The molecule has 22 heavy (non-hydrogen) atoms. The maximum Gasteiger partial charge on any atom is 0.332 e. The van der Waals surface area contributed by atoms with Crippen LogP contribution >= 0.6 is 15.9 Å². The van der Waals surface area contributed by atoms with E-state index in [4.69, 9.17) is 5.73 Å². The number of aromatic nitrogens is 1. The SMILES string of the molecule is Cc1cc(C=NNC(N)=O)c(C)c2c1[nH]c1ccc(Br)cc12. The number of carbonyl (C=O) groups is 1. The summed E-state index contributed by atoms with van der Waals surface area (Å²) in [4.78, 5) is 14.2. The molecular formula is C16H15BrN4O. The largest absolute Gasteiger partial charge is 0.354 e. The molecule has 0 saturated heterocycles. The van der Waals surface area contributed by atoms with Crippen molar-refractivity contribution in [2.75, 3.05) is 0 Å².